The number of hydrogen-bond donors (Lipinski definition) is 2. The van der Waals surface area contributed by atoms with Crippen molar-refractivity contribution < 1.29 is 9.18 Å². The second-order valence-electron chi connectivity index (χ2n) is 8.46. The molecule has 5 atom stereocenters. The van der Waals surface area contributed by atoms with Gasteiger partial charge < -0.3 is 10.3 Å². The second-order valence-corrected chi connectivity index (χ2v) is 8.46. The van der Waals surface area contributed by atoms with Crippen molar-refractivity contribution in [1.82, 2.24) is 10.3 Å². The summed E-state index contributed by atoms with van der Waals surface area (Å²) in [6, 6.07) is 8.75. The topological polar surface area (TPSA) is 44.9 Å². The van der Waals surface area contributed by atoms with E-state index in [2.05, 4.69) is 10.3 Å². The van der Waals surface area contributed by atoms with Crippen LogP contribution in [0.25, 0.3) is 11.1 Å². The molecule has 3 aliphatic rings. The van der Waals surface area contributed by atoms with Crippen LogP contribution in [0.1, 0.15) is 49.0 Å². The first-order chi connectivity index (χ1) is 12.7. The molecule has 3 saturated carbocycles. The molecule has 0 spiro atoms. The Morgan fingerprint density at radius 1 is 1.08 bits per heavy atom. The van der Waals surface area contributed by atoms with E-state index < -0.39 is 0 Å². The van der Waals surface area contributed by atoms with Gasteiger partial charge in [-0.05, 0) is 67.9 Å². The summed E-state index contributed by atoms with van der Waals surface area (Å²) in [6.07, 6.45) is 9.62. The highest BCUT2D eigenvalue weighted by Crippen LogP contribution is 2.52. The molecule has 1 aromatic heterocycles. The van der Waals surface area contributed by atoms with Gasteiger partial charge in [-0.25, -0.2) is 4.39 Å². The minimum Gasteiger partial charge on any atom is -0.357 e. The van der Waals surface area contributed by atoms with Gasteiger partial charge in [0, 0.05) is 23.4 Å². The van der Waals surface area contributed by atoms with Gasteiger partial charge in [-0.15, -0.1) is 0 Å². The molecule has 0 saturated heterocycles. The van der Waals surface area contributed by atoms with Gasteiger partial charge >= 0.3 is 0 Å². The van der Waals surface area contributed by atoms with Crippen LogP contribution < -0.4 is 5.32 Å². The number of fused-ring (bicyclic) bond motifs is 2. The quantitative estimate of drug-likeness (QED) is 0.821. The van der Waals surface area contributed by atoms with E-state index >= 15 is 0 Å². The van der Waals surface area contributed by atoms with Crippen LogP contribution in [-0.4, -0.2) is 16.9 Å². The van der Waals surface area contributed by atoms with Crippen molar-refractivity contribution in [3.63, 3.8) is 0 Å². The minimum absolute atomic E-state index is 0.0488. The van der Waals surface area contributed by atoms with Crippen molar-refractivity contribution in [2.45, 2.75) is 44.6 Å². The van der Waals surface area contributed by atoms with Gasteiger partial charge in [-0.2, -0.15) is 0 Å². The van der Waals surface area contributed by atoms with Crippen molar-refractivity contribution in [3.05, 3.63) is 48.0 Å². The molecule has 5 rings (SSSR count). The molecule has 1 aromatic carbocycles. The lowest BCUT2D eigenvalue weighted by molar-refractivity contribution is -0.00287. The highest BCUT2D eigenvalue weighted by Gasteiger charge is 2.47. The Morgan fingerprint density at radius 2 is 1.88 bits per heavy atom. The first kappa shape index (κ1) is 16.1. The summed E-state index contributed by atoms with van der Waals surface area (Å²) in [7, 11) is 0. The molecule has 1 heterocycles. The summed E-state index contributed by atoms with van der Waals surface area (Å²) < 4.78 is 14.0. The standard InChI is InChI=1S/C22H25FN2O/c23-19-4-2-1-3-17(19)16-11-20(24-12-16)22(26)25-21-15-8-7-14-6-5-13(9-15)10-18(14)21/h1-4,11-15,18,21,24H,5-10H2,(H,25,26). The van der Waals surface area contributed by atoms with Gasteiger partial charge in [0.15, 0.2) is 0 Å². The maximum Gasteiger partial charge on any atom is 0.267 e. The number of halogens is 1. The molecule has 0 radical (unpaired) electrons. The third kappa shape index (κ3) is 2.67. The molecule has 26 heavy (non-hydrogen) atoms. The number of nitrogens with one attached hydrogen (secondary N) is 2. The van der Waals surface area contributed by atoms with E-state index in [4.69, 9.17) is 0 Å². The molecule has 3 fully saturated rings. The summed E-state index contributed by atoms with van der Waals surface area (Å²) >= 11 is 0. The lowest BCUT2D eigenvalue weighted by atomic mass is 9.55. The largest absolute Gasteiger partial charge is 0.357 e. The number of rotatable bonds is 3. The second kappa shape index (κ2) is 6.26. The number of hydrogen-bond acceptors (Lipinski definition) is 1. The Bertz CT molecular complexity index is 825. The van der Waals surface area contributed by atoms with Crippen LogP contribution >= 0.6 is 0 Å². The predicted molar refractivity (Wildman–Crippen MR) is 99.1 cm³/mol. The fourth-order valence-corrected chi connectivity index (χ4v) is 5.85. The molecule has 0 aliphatic heterocycles. The zero-order chi connectivity index (χ0) is 17.7. The Morgan fingerprint density at radius 3 is 2.77 bits per heavy atom. The zero-order valence-electron chi connectivity index (χ0n) is 14.9. The fourth-order valence-electron chi connectivity index (χ4n) is 5.85. The van der Waals surface area contributed by atoms with E-state index in [0.29, 0.717) is 29.1 Å². The maximum atomic E-state index is 14.0. The van der Waals surface area contributed by atoms with Crippen LogP contribution in [0.4, 0.5) is 4.39 Å². The molecule has 2 aromatic rings. The molecule has 2 N–H and O–H groups in total. The minimum atomic E-state index is -0.267. The van der Waals surface area contributed by atoms with Crippen LogP contribution in [0, 0.1) is 29.5 Å². The number of carbonyl (C=O) groups excluding carboxylic acids is 1. The molecule has 1 amide bonds. The fraction of sp³-hybridized carbons (Fsp3) is 0.500. The summed E-state index contributed by atoms with van der Waals surface area (Å²) in [5.41, 5.74) is 1.77. The third-order valence-corrected chi connectivity index (χ3v) is 7.08. The molecule has 3 nitrogen and oxygen atoms in total. The summed E-state index contributed by atoms with van der Waals surface area (Å²) in [6.45, 7) is 0. The van der Waals surface area contributed by atoms with E-state index in [1.54, 1.807) is 24.4 Å². The normalized spacial score (nSPS) is 32.4. The number of amides is 1. The van der Waals surface area contributed by atoms with Crippen molar-refractivity contribution in [1.29, 1.82) is 0 Å². The monoisotopic (exact) mass is 352 g/mol. The number of aromatic nitrogens is 1. The smallest absolute Gasteiger partial charge is 0.267 e. The molecule has 5 unspecified atom stereocenters. The molecule has 136 valence electrons. The van der Waals surface area contributed by atoms with Gasteiger partial charge in [-0.3, -0.25) is 4.79 Å². The summed E-state index contributed by atoms with van der Waals surface area (Å²) in [5, 5.41) is 3.34. The Labute approximate surface area is 153 Å². The average Bonchev–Trinajstić information content (AvgIpc) is 3.11. The van der Waals surface area contributed by atoms with E-state index in [9.17, 15) is 9.18 Å². The van der Waals surface area contributed by atoms with E-state index in [1.807, 2.05) is 6.07 Å². The summed E-state index contributed by atoms with van der Waals surface area (Å²) in [5.74, 6) is 2.66. The highest BCUT2D eigenvalue weighted by atomic mass is 19.1. The van der Waals surface area contributed by atoms with Crippen LogP contribution in [0.15, 0.2) is 36.5 Å². The van der Waals surface area contributed by atoms with Gasteiger partial charge in [0.05, 0.1) is 0 Å². The lowest BCUT2D eigenvalue weighted by Gasteiger charge is -2.53. The maximum absolute atomic E-state index is 14.0. The van der Waals surface area contributed by atoms with E-state index in [-0.39, 0.29) is 11.7 Å². The Balaban J connectivity index is 1.34. The van der Waals surface area contributed by atoms with Gasteiger partial charge in [-0.1, -0.05) is 24.6 Å². The molecule has 3 aliphatic carbocycles. The zero-order valence-corrected chi connectivity index (χ0v) is 14.9. The predicted octanol–water partition coefficient (Wildman–Crippen LogP) is 4.77. The van der Waals surface area contributed by atoms with Crippen molar-refractivity contribution in [2.75, 3.05) is 0 Å². The third-order valence-electron chi connectivity index (χ3n) is 7.08. The van der Waals surface area contributed by atoms with Crippen molar-refractivity contribution >= 4 is 5.91 Å². The lowest BCUT2D eigenvalue weighted by Crippen LogP contribution is -2.55. The highest BCUT2D eigenvalue weighted by molar-refractivity contribution is 5.94. The van der Waals surface area contributed by atoms with E-state index in [1.165, 1.54) is 44.6 Å². The van der Waals surface area contributed by atoms with Crippen molar-refractivity contribution in [3.8, 4) is 11.1 Å². The Kier molecular flexibility index (Phi) is 3.87. The van der Waals surface area contributed by atoms with Gasteiger partial charge in [0.1, 0.15) is 11.5 Å². The SMILES string of the molecule is O=C(NC1C2CCC3CCC(C2)CC31)c1cc(-c2ccccc2F)c[nH]1. The van der Waals surface area contributed by atoms with Crippen molar-refractivity contribution in [2.24, 2.45) is 23.7 Å². The van der Waals surface area contributed by atoms with Gasteiger partial charge in [0.25, 0.3) is 5.91 Å². The van der Waals surface area contributed by atoms with Crippen LogP contribution in [0.2, 0.25) is 0 Å². The van der Waals surface area contributed by atoms with Crippen LogP contribution in [-0.2, 0) is 0 Å². The van der Waals surface area contributed by atoms with Gasteiger partial charge in [0.2, 0.25) is 0 Å². The first-order valence-electron chi connectivity index (χ1n) is 9.93. The molecule has 4 heteroatoms. The Hall–Kier alpha value is -2.10. The van der Waals surface area contributed by atoms with Crippen LogP contribution in [0.3, 0.4) is 0 Å². The van der Waals surface area contributed by atoms with E-state index in [0.717, 1.165) is 17.4 Å². The number of carbonyl (C=O) groups is 1. The number of benzene rings is 1. The first-order valence-corrected chi connectivity index (χ1v) is 9.93. The summed E-state index contributed by atoms with van der Waals surface area (Å²) in [4.78, 5) is 15.9. The average molecular weight is 352 g/mol. The number of H-pyrrole nitrogens is 1. The number of aromatic amines is 1. The molecular weight excluding hydrogens is 327 g/mol. The molecular formula is C22H25FN2O. The van der Waals surface area contributed by atoms with Crippen LogP contribution in [0.5, 0.6) is 0 Å². The molecule has 3 bridgehead atoms.